The van der Waals surface area contributed by atoms with Crippen molar-refractivity contribution in [2.45, 2.75) is 32.6 Å². The molecule has 1 N–H and O–H groups in total. The summed E-state index contributed by atoms with van der Waals surface area (Å²) in [6.07, 6.45) is 2.59. The van der Waals surface area contributed by atoms with Crippen LogP contribution in [0, 0.1) is 6.92 Å². The highest BCUT2D eigenvalue weighted by molar-refractivity contribution is 6.30. The topological polar surface area (TPSA) is 63.8 Å². The predicted molar refractivity (Wildman–Crippen MR) is 106 cm³/mol. The van der Waals surface area contributed by atoms with E-state index in [2.05, 4.69) is 4.98 Å². The number of hydrogen-bond donors (Lipinski definition) is 1. The van der Waals surface area contributed by atoms with Crippen LogP contribution in [-0.4, -0.2) is 33.5 Å². The summed E-state index contributed by atoms with van der Waals surface area (Å²) >= 11 is 6.10. The standard InChI is InChI=1S/C21H23ClN2O3/c1-3-27-19-8-5-10-24-20(14(2)23-21(19)24)18(26)13-16(9-11-25)15-6-4-7-17(22)12-15/h4-8,10,12,16,25H,3,9,11,13H2,1-2H3/t16-/m1/s1. The normalized spacial score (nSPS) is 12.3. The van der Waals surface area contributed by atoms with Crippen molar-refractivity contribution in [3.05, 3.63) is 64.6 Å². The number of imidazole rings is 1. The van der Waals surface area contributed by atoms with Crippen molar-refractivity contribution in [3.63, 3.8) is 0 Å². The fraction of sp³-hybridized carbons (Fsp3) is 0.333. The number of aromatic nitrogens is 2. The van der Waals surface area contributed by atoms with Crippen molar-refractivity contribution in [2.75, 3.05) is 13.2 Å². The number of fused-ring (bicyclic) bond motifs is 1. The summed E-state index contributed by atoms with van der Waals surface area (Å²) in [4.78, 5) is 17.7. The molecule has 0 bridgehead atoms. The zero-order valence-corrected chi connectivity index (χ0v) is 16.2. The van der Waals surface area contributed by atoms with Gasteiger partial charge in [-0.05, 0) is 56.0 Å². The van der Waals surface area contributed by atoms with Gasteiger partial charge < -0.3 is 9.84 Å². The van der Waals surface area contributed by atoms with Crippen molar-refractivity contribution in [2.24, 2.45) is 0 Å². The highest BCUT2D eigenvalue weighted by Gasteiger charge is 2.23. The summed E-state index contributed by atoms with van der Waals surface area (Å²) < 4.78 is 7.42. The summed E-state index contributed by atoms with van der Waals surface area (Å²) in [6.45, 7) is 4.28. The molecule has 1 atom stereocenters. The molecule has 0 amide bonds. The zero-order valence-electron chi connectivity index (χ0n) is 15.5. The SMILES string of the molecule is CCOc1cccn2c(C(=O)C[C@@H](CCO)c3cccc(Cl)c3)c(C)nc12. The third kappa shape index (κ3) is 4.15. The lowest BCUT2D eigenvalue weighted by Gasteiger charge is -2.16. The van der Waals surface area contributed by atoms with Crippen LogP contribution in [0.15, 0.2) is 42.6 Å². The van der Waals surface area contributed by atoms with Crippen LogP contribution >= 0.6 is 11.6 Å². The number of carbonyl (C=O) groups is 1. The number of ketones is 1. The first-order valence-corrected chi connectivity index (χ1v) is 9.43. The first-order valence-electron chi connectivity index (χ1n) is 9.05. The minimum absolute atomic E-state index is 0.00504. The molecule has 142 valence electrons. The van der Waals surface area contributed by atoms with Crippen LogP contribution in [0.1, 0.15) is 47.4 Å². The summed E-state index contributed by atoms with van der Waals surface area (Å²) in [5.74, 6) is 0.525. The minimum atomic E-state index is -0.110. The van der Waals surface area contributed by atoms with Gasteiger partial charge in [0.05, 0.1) is 12.3 Å². The summed E-state index contributed by atoms with van der Waals surface area (Å²) in [5.41, 5.74) is 2.81. The molecule has 0 fully saturated rings. The molecule has 2 aromatic heterocycles. The van der Waals surface area contributed by atoms with Gasteiger partial charge >= 0.3 is 0 Å². The van der Waals surface area contributed by atoms with Crippen LogP contribution in [0.4, 0.5) is 0 Å². The molecule has 3 aromatic rings. The Morgan fingerprint density at radius 2 is 2.15 bits per heavy atom. The highest BCUT2D eigenvalue weighted by Crippen LogP contribution is 2.29. The molecule has 0 aliphatic carbocycles. The molecule has 0 saturated heterocycles. The Morgan fingerprint density at radius 3 is 2.85 bits per heavy atom. The van der Waals surface area contributed by atoms with Gasteiger partial charge in [-0.1, -0.05) is 23.7 Å². The van der Waals surface area contributed by atoms with Crippen molar-refractivity contribution in [1.82, 2.24) is 9.38 Å². The van der Waals surface area contributed by atoms with Gasteiger partial charge in [0.15, 0.2) is 17.2 Å². The molecule has 0 aliphatic heterocycles. The molecule has 27 heavy (non-hydrogen) atoms. The summed E-state index contributed by atoms with van der Waals surface area (Å²) in [6, 6.07) is 11.1. The van der Waals surface area contributed by atoms with Crippen molar-refractivity contribution in [3.8, 4) is 5.75 Å². The van der Waals surface area contributed by atoms with Crippen LogP contribution in [-0.2, 0) is 0 Å². The fourth-order valence-electron chi connectivity index (χ4n) is 3.38. The number of halogens is 1. The van der Waals surface area contributed by atoms with Gasteiger partial charge in [0.2, 0.25) is 0 Å². The average molecular weight is 387 g/mol. The van der Waals surface area contributed by atoms with E-state index in [1.165, 1.54) is 0 Å². The van der Waals surface area contributed by atoms with Gasteiger partial charge in [-0.3, -0.25) is 9.20 Å². The molecule has 0 unspecified atom stereocenters. The van der Waals surface area contributed by atoms with E-state index < -0.39 is 0 Å². The Morgan fingerprint density at radius 1 is 1.33 bits per heavy atom. The molecule has 0 saturated carbocycles. The number of ether oxygens (including phenoxy) is 1. The van der Waals surface area contributed by atoms with Gasteiger partial charge in [-0.2, -0.15) is 0 Å². The van der Waals surface area contributed by atoms with Gasteiger partial charge in [-0.25, -0.2) is 4.98 Å². The Bertz CT molecular complexity index is 952. The van der Waals surface area contributed by atoms with Crippen LogP contribution in [0.3, 0.4) is 0 Å². The predicted octanol–water partition coefficient (Wildman–Crippen LogP) is 4.43. The molecular weight excluding hydrogens is 364 g/mol. The highest BCUT2D eigenvalue weighted by atomic mass is 35.5. The molecule has 6 heteroatoms. The maximum Gasteiger partial charge on any atom is 0.182 e. The number of nitrogens with zero attached hydrogens (tertiary/aromatic N) is 2. The third-order valence-corrected chi connectivity index (χ3v) is 4.82. The molecule has 0 spiro atoms. The molecule has 0 aliphatic rings. The Labute approximate surface area is 163 Å². The lowest BCUT2D eigenvalue weighted by atomic mass is 9.90. The van der Waals surface area contributed by atoms with Crippen molar-refractivity contribution >= 4 is 23.0 Å². The quantitative estimate of drug-likeness (QED) is 0.581. The van der Waals surface area contributed by atoms with Crippen molar-refractivity contribution in [1.29, 1.82) is 0 Å². The molecule has 5 nitrogen and oxygen atoms in total. The van der Waals surface area contributed by atoms with E-state index in [0.29, 0.717) is 40.8 Å². The second-order valence-electron chi connectivity index (χ2n) is 6.44. The number of carbonyl (C=O) groups excluding carboxylic acids is 1. The fourth-order valence-corrected chi connectivity index (χ4v) is 3.58. The van der Waals surface area contributed by atoms with Gasteiger partial charge in [-0.15, -0.1) is 0 Å². The van der Waals surface area contributed by atoms with Gasteiger partial charge in [0.25, 0.3) is 0 Å². The minimum Gasteiger partial charge on any atom is -0.490 e. The number of hydrogen-bond acceptors (Lipinski definition) is 4. The molecule has 3 rings (SSSR count). The largest absolute Gasteiger partial charge is 0.490 e. The van der Waals surface area contributed by atoms with Crippen LogP contribution in [0.25, 0.3) is 5.65 Å². The maximum atomic E-state index is 13.1. The lowest BCUT2D eigenvalue weighted by Crippen LogP contribution is -2.12. The summed E-state index contributed by atoms with van der Waals surface area (Å²) in [7, 11) is 0. The van der Waals surface area contributed by atoms with E-state index in [4.69, 9.17) is 16.3 Å². The third-order valence-electron chi connectivity index (χ3n) is 4.58. The Balaban J connectivity index is 1.95. The number of rotatable bonds is 8. The number of Topliss-reactive ketones (excluding diaryl/α,β-unsaturated/α-hetero) is 1. The van der Waals surface area contributed by atoms with E-state index in [1.807, 2.05) is 50.4 Å². The van der Waals surface area contributed by atoms with Gasteiger partial charge in [0, 0.05) is 24.2 Å². The van der Waals surface area contributed by atoms with Crippen LogP contribution < -0.4 is 4.74 Å². The molecule has 1 aromatic carbocycles. The zero-order chi connectivity index (χ0) is 19.4. The first-order chi connectivity index (χ1) is 13.0. The number of aliphatic hydroxyl groups is 1. The second kappa shape index (κ2) is 8.55. The second-order valence-corrected chi connectivity index (χ2v) is 6.87. The monoisotopic (exact) mass is 386 g/mol. The number of aryl methyl sites for hydroxylation is 1. The Kier molecular flexibility index (Phi) is 6.14. The van der Waals surface area contributed by atoms with Crippen LogP contribution in [0.5, 0.6) is 5.75 Å². The van der Waals surface area contributed by atoms with Crippen LogP contribution in [0.2, 0.25) is 5.02 Å². The van der Waals surface area contributed by atoms with E-state index in [-0.39, 0.29) is 24.7 Å². The lowest BCUT2D eigenvalue weighted by molar-refractivity contribution is 0.0963. The molecular formula is C21H23ClN2O3. The average Bonchev–Trinajstić information content (AvgIpc) is 2.98. The van der Waals surface area contributed by atoms with E-state index in [0.717, 1.165) is 5.56 Å². The Hall–Kier alpha value is -2.37. The smallest absolute Gasteiger partial charge is 0.182 e. The maximum absolute atomic E-state index is 13.1. The summed E-state index contributed by atoms with van der Waals surface area (Å²) in [5, 5.41) is 10.1. The van der Waals surface area contributed by atoms with Gasteiger partial charge in [0.1, 0.15) is 5.69 Å². The van der Waals surface area contributed by atoms with Crippen molar-refractivity contribution < 1.29 is 14.6 Å². The van der Waals surface area contributed by atoms with E-state index in [9.17, 15) is 9.90 Å². The van der Waals surface area contributed by atoms with E-state index in [1.54, 1.807) is 10.5 Å². The number of benzene rings is 1. The molecule has 2 heterocycles. The number of aliphatic hydroxyl groups excluding tert-OH is 1. The van der Waals surface area contributed by atoms with E-state index >= 15 is 0 Å². The molecule has 0 radical (unpaired) electrons. The number of pyridine rings is 1. The first kappa shape index (κ1) is 19.4.